The summed E-state index contributed by atoms with van der Waals surface area (Å²) >= 11 is 0. The molecule has 0 saturated carbocycles. The quantitative estimate of drug-likeness (QED) is 0.155. The number of hydrogen-bond acceptors (Lipinski definition) is 1. The predicted octanol–water partition coefficient (Wildman–Crippen LogP) is 17.0. The summed E-state index contributed by atoms with van der Waals surface area (Å²) in [6, 6.07) is 56.1. The summed E-state index contributed by atoms with van der Waals surface area (Å²) in [5, 5.41) is 0. The molecule has 1 unspecified atom stereocenters. The van der Waals surface area contributed by atoms with Crippen molar-refractivity contribution in [2.45, 2.75) is 176 Å². The van der Waals surface area contributed by atoms with Crippen LogP contribution in [0.25, 0.3) is 22.3 Å². The van der Waals surface area contributed by atoms with Gasteiger partial charge in [-0.25, -0.2) is 0 Å². The molecule has 1 nitrogen and oxygen atoms in total. The van der Waals surface area contributed by atoms with Gasteiger partial charge >= 0.3 is 0 Å². The van der Waals surface area contributed by atoms with Gasteiger partial charge in [-0.2, -0.15) is 0 Å². The highest BCUT2D eigenvalue weighted by molar-refractivity contribution is 6.98. The summed E-state index contributed by atoms with van der Waals surface area (Å²) < 4.78 is 0. The molecule has 2 aliphatic rings. The van der Waals surface area contributed by atoms with Crippen LogP contribution < -0.4 is 21.3 Å². The lowest BCUT2D eigenvalue weighted by Gasteiger charge is -2.41. The first-order valence-electron chi connectivity index (χ1n) is 26.7. The summed E-state index contributed by atoms with van der Waals surface area (Å²) in [7, 11) is 0. The van der Waals surface area contributed by atoms with E-state index in [0.717, 1.165) is 12.8 Å². The summed E-state index contributed by atoms with van der Waals surface area (Å²) in [5.74, 6) is 0.237. The zero-order valence-electron chi connectivity index (χ0n) is 46.8. The van der Waals surface area contributed by atoms with Crippen LogP contribution in [-0.4, -0.2) is 6.71 Å². The van der Waals surface area contributed by atoms with Gasteiger partial charge in [0, 0.05) is 16.9 Å². The summed E-state index contributed by atoms with van der Waals surface area (Å²) in [4.78, 5) is 2.70. The first-order chi connectivity index (χ1) is 33.0. The molecule has 366 valence electrons. The van der Waals surface area contributed by atoms with Gasteiger partial charge < -0.3 is 4.90 Å². The van der Waals surface area contributed by atoms with Crippen LogP contribution >= 0.6 is 0 Å². The Balaban J connectivity index is 1.42. The maximum absolute atomic E-state index is 2.70. The Morgan fingerprint density at radius 2 is 0.873 bits per heavy atom. The van der Waals surface area contributed by atoms with Crippen molar-refractivity contribution in [3.63, 3.8) is 0 Å². The molecule has 71 heavy (non-hydrogen) atoms. The largest absolute Gasteiger partial charge is 0.311 e. The van der Waals surface area contributed by atoms with E-state index in [1.165, 1.54) is 106 Å². The number of benzene rings is 7. The average molecular weight is 936 g/mol. The number of nitrogens with zero attached hydrogens (tertiary/aromatic N) is 1. The summed E-state index contributed by atoms with van der Waals surface area (Å²) in [5.41, 5.74) is 25.7. The first-order valence-corrected chi connectivity index (χ1v) is 26.7. The highest BCUT2D eigenvalue weighted by Crippen LogP contribution is 2.48. The number of fused-ring (bicyclic) bond motifs is 4. The van der Waals surface area contributed by atoms with Gasteiger partial charge in [0.1, 0.15) is 0 Å². The van der Waals surface area contributed by atoms with Gasteiger partial charge in [0.25, 0.3) is 0 Å². The monoisotopic (exact) mass is 936 g/mol. The minimum atomic E-state index is -0.0399. The molecular formula is C69H82BN. The van der Waals surface area contributed by atoms with E-state index >= 15 is 0 Å². The van der Waals surface area contributed by atoms with Gasteiger partial charge in [-0.3, -0.25) is 0 Å². The van der Waals surface area contributed by atoms with E-state index in [0.29, 0.717) is 0 Å². The molecule has 1 atom stereocenters. The van der Waals surface area contributed by atoms with Crippen molar-refractivity contribution in [3.05, 3.63) is 190 Å². The Hall–Kier alpha value is -5.60. The third kappa shape index (κ3) is 9.87. The second-order valence-corrected chi connectivity index (χ2v) is 27.6. The van der Waals surface area contributed by atoms with Crippen molar-refractivity contribution in [3.8, 4) is 22.3 Å². The minimum absolute atomic E-state index is 0.00778. The van der Waals surface area contributed by atoms with E-state index in [9.17, 15) is 0 Å². The molecule has 2 aliphatic heterocycles. The molecule has 0 N–H and O–H groups in total. The van der Waals surface area contributed by atoms with E-state index in [2.05, 4.69) is 269 Å². The summed E-state index contributed by atoms with van der Waals surface area (Å²) in [6.07, 6.45) is 1.92. The van der Waals surface area contributed by atoms with Crippen molar-refractivity contribution in [2.24, 2.45) is 0 Å². The van der Waals surface area contributed by atoms with Gasteiger partial charge in [-0.05, 0) is 148 Å². The molecule has 0 radical (unpaired) electrons. The van der Waals surface area contributed by atoms with E-state index < -0.39 is 0 Å². The topological polar surface area (TPSA) is 3.24 Å². The highest BCUT2D eigenvalue weighted by atomic mass is 15.2. The first kappa shape index (κ1) is 50.3. The Morgan fingerprint density at radius 3 is 1.44 bits per heavy atom. The zero-order valence-corrected chi connectivity index (χ0v) is 46.8. The second-order valence-electron chi connectivity index (χ2n) is 27.6. The Labute approximate surface area is 430 Å². The average Bonchev–Trinajstić information content (AvgIpc) is 3.42. The molecule has 7 aromatic carbocycles. The lowest BCUT2D eigenvalue weighted by molar-refractivity contribution is 0.589. The van der Waals surface area contributed by atoms with Gasteiger partial charge in [0.05, 0.1) is 5.69 Å². The van der Waals surface area contributed by atoms with Crippen LogP contribution in [0, 0.1) is 0 Å². The minimum Gasteiger partial charge on any atom is -0.311 e. The summed E-state index contributed by atoms with van der Waals surface area (Å²) in [6.45, 7) is 42.2. The smallest absolute Gasteiger partial charge is 0.247 e. The zero-order chi connectivity index (χ0) is 51.4. The van der Waals surface area contributed by atoms with Crippen LogP contribution in [0.4, 0.5) is 17.1 Å². The molecule has 7 aromatic rings. The van der Waals surface area contributed by atoms with Crippen LogP contribution in [0.2, 0.25) is 0 Å². The second kappa shape index (κ2) is 17.6. The van der Waals surface area contributed by atoms with Crippen LogP contribution in [-0.2, 0) is 45.3 Å². The van der Waals surface area contributed by atoms with Gasteiger partial charge in [0.15, 0.2) is 0 Å². The molecule has 9 rings (SSSR count). The molecule has 0 saturated heterocycles. The van der Waals surface area contributed by atoms with Gasteiger partial charge in [0.2, 0.25) is 6.71 Å². The SMILES string of the molecule is CC(C)(C)c1ccc(CC2Cc3ccc(C(C)(C)C)cc3B3c4cc(C(C)(C)C)ccc4N(c4ccc(C(C)(C)C)cc4-c4ccc(C(C)(C)C)cc4)c4cc(-c5cccc(C(C)(C)C)c5)cc2c43)cc1. The van der Waals surface area contributed by atoms with Crippen LogP contribution in [0.1, 0.15) is 181 Å². The number of rotatable bonds is 5. The third-order valence-corrected chi connectivity index (χ3v) is 15.9. The molecule has 0 fully saturated rings. The lowest BCUT2D eigenvalue weighted by atomic mass is 9.33. The molecule has 0 aliphatic carbocycles. The fourth-order valence-corrected chi connectivity index (χ4v) is 11.2. The normalized spacial score (nSPS) is 15.3. The Kier molecular flexibility index (Phi) is 12.5. The van der Waals surface area contributed by atoms with Crippen molar-refractivity contribution < 1.29 is 0 Å². The van der Waals surface area contributed by atoms with Crippen LogP contribution in [0.5, 0.6) is 0 Å². The van der Waals surface area contributed by atoms with Gasteiger partial charge in [-0.1, -0.05) is 251 Å². The lowest BCUT2D eigenvalue weighted by Crippen LogP contribution is -2.59. The van der Waals surface area contributed by atoms with Crippen molar-refractivity contribution in [1.82, 2.24) is 0 Å². The maximum atomic E-state index is 2.70. The molecule has 0 aromatic heterocycles. The number of hydrogen-bond donors (Lipinski definition) is 0. The fraction of sp³-hybridized carbons (Fsp3) is 0.391. The molecule has 0 spiro atoms. The molecule has 0 amide bonds. The van der Waals surface area contributed by atoms with Crippen molar-refractivity contribution in [1.29, 1.82) is 0 Å². The van der Waals surface area contributed by atoms with Crippen LogP contribution in [0.15, 0.2) is 140 Å². The molecule has 0 bridgehead atoms. The van der Waals surface area contributed by atoms with E-state index in [1.807, 2.05) is 0 Å². The van der Waals surface area contributed by atoms with E-state index in [4.69, 9.17) is 0 Å². The fourth-order valence-electron chi connectivity index (χ4n) is 11.2. The Bertz CT molecular complexity index is 3120. The van der Waals surface area contributed by atoms with Gasteiger partial charge in [-0.15, -0.1) is 0 Å². The molecule has 2 heterocycles. The molecule has 2 heteroatoms. The highest BCUT2D eigenvalue weighted by Gasteiger charge is 2.43. The maximum Gasteiger partial charge on any atom is 0.247 e. The third-order valence-electron chi connectivity index (χ3n) is 15.9. The molecular weight excluding hydrogens is 854 g/mol. The Morgan fingerprint density at radius 1 is 0.394 bits per heavy atom. The van der Waals surface area contributed by atoms with Crippen molar-refractivity contribution in [2.75, 3.05) is 4.90 Å². The van der Waals surface area contributed by atoms with E-state index in [-0.39, 0.29) is 45.1 Å². The standard InChI is InChI=1S/C69H82BN/c1-64(2,3)50-27-22-44(23-28-50)36-49-37-47-26-31-54(68(13,14)15)42-58(47)70-59-43-55(69(16,17)18)33-35-61(59)71(62-40-48(39-57(49)63(62)70)46-20-19-21-52(38-46)66(7,8)9)60-34-32-53(67(10,11)12)41-56(60)45-24-29-51(30-25-45)65(4,5)6/h19-35,38-43,49H,36-37H2,1-18H3. The predicted molar refractivity (Wildman–Crippen MR) is 312 cm³/mol. The van der Waals surface area contributed by atoms with Crippen LogP contribution in [0.3, 0.4) is 0 Å². The number of anilines is 3. The van der Waals surface area contributed by atoms with Crippen molar-refractivity contribution >= 4 is 40.2 Å². The van der Waals surface area contributed by atoms with E-state index in [1.54, 1.807) is 0 Å².